The third kappa shape index (κ3) is 5.04. The van der Waals surface area contributed by atoms with E-state index in [0.717, 1.165) is 38.3 Å². The van der Waals surface area contributed by atoms with Gasteiger partial charge in [0, 0.05) is 39.3 Å². The first-order valence-corrected chi connectivity index (χ1v) is 10.8. The number of carbonyl (C=O) groups is 2. The number of piperazine rings is 1. The predicted molar refractivity (Wildman–Crippen MR) is 119 cm³/mol. The summed E-state index contributed by atoms with van der Waals surface area (Å²) in [7, 11) is 0. The molecule has 30 heavy (non-hydrogen) atoms. The fourth-order valence-corrected chi connectivity index (χ4v) is 4.23. The van der Waals surface area contributed by atoms with Crippen molar-refractivity contribution in [3.05, 3.63) is 77.9 Å². The van der Waals surface area contributed by atoms with Crippen LogP contribution < -0.4 is 0 Å². The maximum absolute atomic E-state index is 12.9. The molecule has 0 aromatic heterocycles. The molecule has 1 atom stereocenters. The molecule has 2 saturated heterocycles. The van der Waals surface area contributed by atoms with Crippen LogP contribution in [0.3, 0.4) is 0 Å². The zero-order chi connectivity index (χ0) is 20.8. The fraction of sp³-hybridized carbons (Fsp3) is 0.360. The van der Waals surface area contributed by atoms with Crippen molar-refractivity contribution in [3.8, 4) is 0 Å². The van der Waals surface area contributed by atoms with Crippen LogP contribution in [-0.4, -0.2) is 71.8 Å². The van der Waals surface area contributed by atoms with E-state index in [1.807, 2.05) is 48.5 Å². The molecule has 0 unspecified atom stereocenters. The van der Waals surface area contributed by atoms with Gasteiger partial charge in [-0.2, -0.15) is 0 Å². The SMILES string of the molecule is O=C1C[C@@H](N2CCN(C/C=C/c3ccccc3)CC2)C(=O)N1CCc1ccccc1. The molecule has 156 valence electrons. The number of hydrogen-bond donors (Lipinski definition) is 0. The van der Waals surface area contributed by atoms with Crippen LogP contribution in [0.15, 0.2) is 66.7 Å². The summed E-state index contributed by atoms with van der Waals surface area (Å²) >= 11 is 0. The molecule has 0 aliphatic carbocycles. The highest BCUT2D eigenvalue weighted by atomic mass is 16.2. The fourth-order valence-electron chi connectivity index (χ4n) is 4.23. The Balaban J connectivity index is 1.25. The average molecular weight is 404 g/mol. The first-order valence-electron chi connectivity index (χ1n) is 10.8. The van der Waals surface area contributed by atoms with Gasteiger partial charge in [-0.1, -0.05) is 72.8 Å². The number of rotatable bonds is 7. The van der Waals surface area contributed by atoms with E-state index >= 15 is 0 Å². The highest BCUT2D eigenvalue weighted by Crippen LogP contribution is 2.21. The van der Waals surface area contributed by atoms with Gasteiger partial charge in [0.25, 0.3) is 0 Å². The monoisotopic (exact) mass is 403 g/mol. The second-order valence-corrected chi connectivity index (χ2v) is 7.99. The van der Waals surface area contributed by atoms with Crippen LogP contribution in [0.1, 0.15) is 17.5 Å². The third-order valence-corrected chi connectivity index (χ3v) is 6.01. The van der Waals surface area contributed by atoms with Gasteiger partial charge in [-0.05, 0) is 17.5 Å². The Morgan fingerprint density at radius 1 is 0.867 bits per heavy atom. The van der Waals surface area contributed by atoms with E-state index in [9.17, 15) is 9.59 Å². The van der Waals surface area contributed by atoms with Crippen molar-refractivity contribution in [3.63, 3.8) is 0 Å². The minimum atomic E-state index is -0.282. The van der Waals surface area contributed by atoms with Crippen molar-refractivity contribution in [1.82, 2.24) is 14.7 Å². The maximum atomic E-state index is 12.9. The number of benzene rings is 2. The summed E-state index contributed by atoms with van der Waals surface area (Å²) in [6.45, 7) is 4.87. The van der Waals surface area contributed by atoms with Crippen LogP contribution in [0.2, 0.25) is 0 Å². The number of hydrogen-bond acceptors (Lipinski definition) is 4. The smallest absolute Gasteiger partial charge is 0.247 e. The van der Waals surface area contributed by atoms with Crippen LogP contribution in [0.25, 0.3) is 6.08 Å². The van der Waals surface area contributed by atoms with Gasteiger partial charge in [0.2, 0.25) is 11.8 Å². The van der Waals surface area contributed by atoms with E-state index in [0.29, 0.717) is 19.4 Å². The quantitative estimate of drug-likeness (QED) is 0.667. The van der Waals surface area contributed by atoms with Crippen molar-refractivity contribution in [2.24, 2.45) is 0 Å². The first kappa shape index (κ1) is 20.5. The number of imide groups is 1. The van der Waals surface area contributed by atoms with E-state index in [1.54, 1.807) is 0 Å². The standard InChI is InChI=1S/C25H29N3O2/c29-24-20-23(25(30)28(24)15-13-22-10-5-2-6-11-22)27-18-16-26(17-19-27)14-7-12-21-8-3-1-4-9-21/h1-12,23H,13-20H2/b12-7+/t23-/m1/s1. The highest BCUT2D eigenvalue weighted by molar-refractivity contribution is 6.05. The van der Waals surface area contributed by atoms with E-state index in [1.165, 1.54) is 10.5 Å². The molecule has 2 aliphatic heterocycles. The van der Waals surface area contributed by atoms with E-state index in [2.05, 4.69) is 34.1 Å². The summed E-state index contributed by atoms with van der Waals surface area (Å²) in [6.07, 6.45) is 5.38. The van der Waals surface area contributed by atoms with Crippen LogP contribution in [0, 0.1) is 0 Å². The van der Waals surface area contributed by atoms with Crippen molar-refractivity contribution >= 4 is 17.9 Å². The van der Waals surface area contributed by atoms with Gasteiger partial charge in [0.15, 0.2) is 0 Å². The Morgan fingerprint density at radius 2 is 1.53 bits per heavy atom. The van der Waals surface area contributed by atoms with E-state index in [-0.39, 0.29) is 17.9 Å². The number of amides is 2. The summed E-state index contributed by atoms with van der Waals surface area (Å²) in [5.41, 5.74) is 2.36. The largest absolute Gasteiger partial charge is 0.297 e. The predicted octanol–water partition coefficient (Wildman–Crippen LogP) is 2.69. The van der Waals surface area contributed by atoms with Gasteiger partial charge in [-0.25, -0.2) is 0 Å². The first-order chi connectivity index (χ1) is 14.7. The minimum absolute atomic E-state index is 0.0200. The molecule has 5 nitrogen and oxygen atoms in total. The average Bonchev–Trinajstić information content (AvgIpc) is 3.07. The molecule has 2 aromatic rings. The zero-order valence-corrected chi connectivity index (χ0v) is 17.3. The lowest BCUT2D eigenvalue weighted by Crippen LogP contribution is -2.52. The molecule has 2 heterocycles. The van der Waals surface area contributed by atoms with Crippen molar-refractivity contribution < 1.29 is 9.59 Å². The van der Waals surface area contributed by atoms with Gasteiger partial charge in [0.05, 0.1) is 12.5 Å². The van der Waals surface area contributed by atoms with Crippen LogP contribution in [0.4, 0.5) is 0 Å². The Labute approximate surface area is 178 Å². The number of nitrogens with zero attached hydrogens (tertiary/aromatic N) is 3. The van der Waals surface area contributed by atoms with Crippen molar-refractivity contribution in [1.29, 1.82) is 0 Å². The second-order valence-electron chi connectivity index (χ2n) is 7.99. The lowest BCUT2D eigenvalue weighted by atomic mass is 10.1. The number of carbonyl (C=O) groups excluding carboxylic acids is 2. The van der Waals surface area contributed by atoms with E-state index in [4.69, 9.17) is 0 Å². The van der Waals surface area contributed by atoms with Crippen LogP contribution >= 0.6 is 0 Å². The van der Waals surface area contributed by atoms with Crippen molar-refractivity contribution in [2.45, 2.75) is 18.9 Å². The summed E-state index contributed by atoms with van der Waals surface area (Å²) in [4.78, 5) is 31.4. The normalized spacial score (nSPS) is 21.1. The molecule has 2 amide bonds. The molecule has 2 aliphatic rings. The number of likely N-dealkylation sites (tertiary alicyclic amines) is 1. The summed E-state index contributed by atoms with van der Waals surface area (Å²) in [6, 6.07) is 20.0. The highest BCUT2D eigenvalue weighted by Gasteiger charge is 2.42. The lowest BCUT2D eigenvalue weighted by Gasteiger charge is -2.36. The summed E-state index contributed by atoms with van der Waals surface area (Å²) < 4.78 is 0. The second kappa shape index (κ2) is 9.83. The van der Waals surface area contributed by atoms with Gasteiger partial charge in [-0.3, -0.25) is 24.3 Å². The minimum Gasteiger partial charge on any atom is -0.297 e. The molecular weight excluding hydrogens is 374 g/mol. The van der Waals surface area contributed by atoms with Crippen LogP contribution in [0.5, 0.6) is 0 Å². The summed E-state index contributed by atoms with van der Waals surface area (Å²) in [5, 5.41) is 0. The molecule has 5 heteroatoms. The van der Waals surface area contributed by atoms with Gasteiger partial charge >= 0.3 is 0 Å². The lowest BCUT2D eigenvalue weighted by molar-refractivity contribution is -0.139. The molecule has 4 rings (SSSR count). The molecule has 2 fully saturated rings. The molecule has 0 radical (unpaired) electrons. The molecule has 0 spiro atoms. The Bertz CT molecular complexity index is 874. The third-order valence-electron chi connectivity index (χ3n) is 6.01. The van der Waals surface area contributed by atoms with Crippen molar-refractivity contribution in [2.75, 3.05) is 39.3 Å². The van der Waals surface area contributed by atoms with Gasteiger partial charge in [-0.15, -0.1) is 0 Å². The summed E-state index contributed by atoms with van der Waals surface area (Å²) in [5.74, 6) is -0.0532. The van der Waals surface area contributed by atoms with E-state index < -0.39 is 0 Å². The Morgan fingerprint density at radius 3 is 2.23 bits per heavy atom. The molecule has 0 bridgehead atoms. The topological polar surface area (TPSA) is 43.9 Å². The van der Waals surface area contributed by atoms with Crippen LogP contribution in [-0.2, 0) is 16.0 Å². The van der Waals surface area contributed by atoms with Gasteiger partial charge in [0.1, 0.15) is 0 Å². The Hall–Kier alpha value is -2.76. The molecule has 0 N–H and O–H groups in total. The maximum Gasteiger partial charge on any atom is 0.247 e. The Kier molecular flexibility index (Phi) is 6.72. The zero-order valence-electron chi connectivity index (χ0n) is 17.3. The molecule has 0 saturated carbocycles. The molecule has 2 aromatic carbocycles. The van der Waals surface area contributed by atoms with Gasteiger partial charge < -0.3 is 0 Å². The molecular formula is C25H29N3O2.